The number of piperidine rings is 1. The molecule has 0 radical (unpaired) electrons. The molecule has 3 N–H and O–H groups in total. The third-order valence-corrected chi connectivity index (χ3v) is 5.38. The van der Waals surface area contributed by atoms with Crippen LogP contribution in [-0.2, 0) is 6.54 Å². The molecule has 1 aliphatic rings. The summed E-state index contributed by atoms with van der Waals surface area (Å²) in [5.74, 6) is 1.77. The number of pyridine rings is 1. The highest BCUT2D eigenvalue weighted by Gasteiger charge is 2.20. The van der Waals surface area contributed by atoms with Crippen LogP contribution < -0.4 is 15.5 Å². The molecule has 8 nitrogen and oxygen atoms in total. The molecule has 0 aliphatic carbocycles. The number of nitrogens with one attached hydrogen (secondary N) is 2. The maximum absolute atomic E-state index is 12.2. The minimum Gasteiger partial charge on any atom is -0.396 e. The van der Waals surface area contributed by atoms with E-state index in [9.17, 15) is 9.90 Å². The van der Waals surface area contributed by atoms with E-state index in [-0.39, 0.29) is 12.5 Å². The van der Waals surface area contributed by atoms with Crippen molar-refractivity contribution in [2.75, 3.05) is 35.2 Å². The average Bonchev–Trinajstić information content (AvgIpc) is 2.84. The van der Waals surface area contributed by atoms with Gasteiger partial charge in [-0.3, -0.25) is 9.78 Å². The van der Waals surface area contributed by atoms with Crippen molar-refractivity contribution in [3.8, 4) is 0 Å². The molecule has 1 saturated heterocycles. The third kappa shape index (κ3) is 5.55. The van der Waals surface area contributed by atoms with Gasteiger partial charge in [-0.2, -0.15) is 0 Å². The molecule has 1 aromatic carbocycles. The van der Waals surface area contributed by atoms with Crippen molar-refractivity contribution in [1.82, 2.24) is 15.0 Å². The van der Waals surface area contributed by atoms with E-state index in [0.717, 1.165) is 48.8 Å². The molecule has 2 aromatic heterocycles. The van der Waals surface area contributed by atoms with Crippen LogP contribution in [0, 0.1) is 5.92 Å². The number of carbonyl (C=O) groups is 1. The number of hydrogen-bond acceptors (Lipinski definition) is 7. The Morgan fingerprint density at radius 3 is 2.71 bits per heavy atom. The predicted molar refractivity (Wildman–Crippen MR) is 120 cm³/mol. The Kier molecular flexibility index (Phi) is 6.68. The zero-order valence-electron chi connectivity index (χ0n) is 17.2. The molecule has 1 amide bonds. The summed E-state index contributed by atoms with van der Waals surface area (Å²) in [7, 11) is 0. The van der Waals surface area contributed by atoms with Crippen LogP contribution in [0.5, 0.6) is 0 Å². The van der Waals surface area contributed by atoms with Gasteiger partial charge in [0.1, 0.15) is 18.0 Å². The van der Waals surface area contributed by atoms with E-state index >= 15 is 0 Å². The van der Waals surface area contributed by atoms with Crippen molar-refractivity contribution in [3.05, 3.63) is 72.3 Å². The van der Waals surface area contributed by atoms with Gasteiger partial charge in [0.2, 0.25) is 0 Å². The molecule has 3 heterocycles. The highest BCUT2D eigenvalue weighted by atomic mass is 16.3. The molecule has 4 rings (SSSR count). The van der Waals surface area contributed by atoms with Gasteiger partial charge in [0.15, 0.2) is 0 Å². The molecule has 8 heteroatoms. The zero-order chi connectivity index (χ0) is 21.5. The Morgan fingerprint density at radius 1 is 1.13 bits per heavy atom. The Bertz CT molecular complexity index is 996. The van der Waals surface area contributed by atoms with Gasteiger partial charge in [-0.05, 0) is 48.6 Å². The summed E-state index contributed by atoms with van der Waals surface area (Å²) < 4.78 is 0. The molecule has 0 bridgehead atoms. The first-order chi connectivity index (χ1) is 15.2. The molecular formula is C23H26N6O2. The van der Waals surface area contributed by atoms with E-state index in [0.29, 0.717) is 18.0 Å². The second kappa shape index (κ2) is 9.99. The highest BCUT2D eigenvalue weighted by molar-refractivity contribution is 6.04. The van der Waals surface area contributed by atoms with Gasteiger partial charge in [0.25, 0.3) is 5.91 Å². The molecule has 31 heavy (non-hydrogen) atoms. The van der Waals surface area contributed by atoms with Crippen molar-refractivity contribution in [3.63, 3.8) is 0 Å². The van der Waals surface area contributed by atoms with Crippen molar-refractivity contribution in [2.45, 2.75) is 19.4 Å². The minimum absolute atomic E-state index is 0.164. The normalized spacial score (nSPS) is 16.0. The van der Waals surface area contributed by atoms with E-state index in [4.69, 9.17) is 0 Å². The van der Waals surface area contributed by atoms with Gasteiger partial charge in [-0.15, -0.1) is 0 Å². The first kappa shape index (κ1) is 20.7. The van der Waals surface area contributed by atoms with E-state index < -0.39 is 0 Å². The number of nitrogens with zero attached hydrogens (tertiary/aromatic N) is 4. The quantitative estimate of drug-likeness (QED) is 0.542. The van der Waals surface area contributed by atoms with Gasteiger partial charge in [0.05, 0.1) is 0 Å². The van der Waals surface area contributed by atoms with E-state index in [1.807, 2.05) is 30.3 Å². The van der Waals surface area contributed by atoms with Crippen molar-refractivity contribution in [1.29, 1.82) is 0 Å². The topological polar surface area (TPSA) is 103 Å². The third-order valence-electron chi connectivity index (χ3n) is 5.38. The minimum atomic E-state index is -0.164. The number of amides is 1. The van der Waals surface area contributed by atoms with Gasteiger partial charge < -0.3 is 20.6 Å². The molecule has 1 aliphatic heterocycles. The van der Waals surface area contributed by atoms with Crippen LogP contribution in [0.2, 0.25) is 0 Å². The van der Waals surface area contributed by atoms with Gasteiger partial charge in [0, 0.05) is 56.0 Å². The lowest BCUT2D eigenvalue weighted by atomic mass is 9.99. The summed E-state index contributed by atoms with van der Waals surface area (Å²) in [4.78, 5) is 27.1. The molecule has 1 atom stereocenters. The van der Waals surface area contributed by atoms with Crippen LogP contribution >= 0.6 is 0 Å². The number of anilines is 3. The standard InChI is InChI=1S/C23H26N6O2/c30-15-18-2-1-11-29(14-18)22-12-21(26-16-27-22)25-13-17-3-5-20(6-4-17)28-23(31)19-7-9-24-10-8-19/h3-10,12,16,18,30H,1-2,11,13-15H2,(H,28,31)(H,25,26,27). The van der Waals surface area contributed by atoms with E-state index in [2.05, 4.69) is 30.5 Å². The summed E-state index contributed by atoms with van der Waals surface area (Å²) in [6.45, 7) is 2.58. The van der Waals surface area contributed by atoms with Crippen LogP contribution in [0.4, 0.5) is 17.3 Å². The lowest BCUT2D eigenvalue weighted by molar-refractivity contribution is 0.102. The van der Waals surface area contributed by atoms with Crippen LogP contribution in [0.1, 0.15) is 28.8 Å². The van der Waals surface area contributed by atoms with E-state index in [1.54, 1.807) is 30.9 Å². The second-order valence-electron chi connectivity index (χ2n) is 7.64. The average molecular weight is 419 g/mol. The summed E-state index contributed by atoms with van der Waals surface area (Å²) >= 11 is 0. The van der Waals surface area contributed by atoms with Gasteiger partial charge in [-0.25, -0.2) is 9.97 Å². The van der Waals surface area contributed by atoms with Crippen molar-refractivity contribution in [2.24, 2.45) is 5.92 Å². The number of benzene rings is 1. The van der Waals surface area contributed by atoms with Gasteiger partial charge in [-0.1, -0.05) is 12.1 Å². The number of aliphatic hydroxyl groups is 1. The smallest absolute Gasteiger partial charge is 0.255 e. The first-order valence-electron chi connectivity index (χ1n) is 10.4. The van der Waals surface area contributed by atoms with Crippen molar-refractivity contribution < 1.29 is 9.90 Å². The predicted octanol–water partition coefficient (Wildman–Crippen LogP) is 2.94. The fraction of sp³-hybridized carbons (Fsp3) is 0.304. The largest absolute Gasteiger partial charge is 0.396 e. The lowest BCUT2D eigenvalue weighted by Crippen LogP contribution is -2.37. The number of carbonyl (C=O) groups excluding carboxylic acids is 1. The summed E-state index contributed by atoms with van der Waals surface area (Å²) in [5.41, 5.74) is 2.37. The molecular weight excluding hydrogens is 392 g/mol. The van der Waals surface area contributed by atoms with Crippen LogP contribution in [0.25, 0.3) is 0 Å². The highest BCUT2D eigenvalue weighted by Crippen LogP contribution is 2.22. The molecule has 160 valence electrons. The molecule has 0 saturated carbocycles. The summed E-state index contributed by atoms with van der Waals surface area (Å²) in [5, 5.41) is 15.7. The lowest BCUT2D eigenvalue weighted by Gasteiger charge is -2.32. The fourth-order valence-corrected chi connectivity index (χ4v) is 3.64. The zero-order valence-corrected chi connectivity index (χ0v) is 17.2. The Balaban J connectivity index is 1.33. The SMILES string of the molecule is O=C(Nc1ccc(CNc2cc(N3CCCC(CO)C3)ncn2)cc1)c1ccncc1. The Morgan fingerprint density at radius 2 is 1.94 bits per heavy atom. The number of hydrogen-bond donors (Lipinski definition) is 3. The number of aliphatic hydroxyl groups excluding tert-OH is 1. The maximum atomic E-state index is 12.2. The Labute approximate surface area is 181 Å². The molecule has 1 unspecified atom stereocenters. The van der Waals surface area contributed by atoms with E-state index in [1.165, 1.54) is 0 Å². The number of rotatable bonds is 7. The fourth-order valence-electron chi connectivity index (χ4n) is 3.64. The summed E-state index contributed by atoms with van der Waals surface area (Å²) in [6.07, 6.45) is 6.87. The van der Waals surface area contributed by atoms with Gasteiger partial charge >= 0.3 is 0 Å². The second-order valence-corrected chi connectivity index (χ2v) is 7.64. The van der Waals surface area contributed by atoms with Crippen LogP contribution in [0.3, 0.4) is 0 Å². The molecule has 3 aromatic rings. The first-order valence-corrected chi connectivity index (χ1v) is 10.4. The van der Waals surface area contributed by atoms with Crippen LogP contribution in [-0.4, -0.2) is 45.7 Å². The number of aromatic nitrogens is 3. The Hall–Kier alpha value is -3.52. The maximum Gasteiger partial charge on any atom is 0.255 e. The van der Waals surface area contributed by atoms with Crippen LogP contribution in [0.15, 0.2) is 61.2 Å². The summed E-state index contributed by atoms with van der Waals surface area (Å²) in [6, 6.07) is 13.0. The van der Waals surface area contributed by atoms with Crippen molar-refractivity contribution >= 4 is 23.2 Å². The monoisotopic (exact) mass is 418 g/mol. The molecule has 0 spiro atoms. The molecule has 1 fully saturated rings.